The summed E-state index contributed by atoms with van der Waals surface area (Å²) in [5.41, 5.74) is 10.1. The second-order valence-corrected chi connectivity index (χ2v) is 21.2. The topological polar surface area (TPSA) is 146 Å². The fourth-order valence-corrected chi connectivity index (χ4v) is 10.7. The van der Waals surface area contributed by atoms with Crippen LogP contribution >= 0.6 is 0 Å². The van der Waals surface area contributed by atoms with Crippen LogP contribution in [0.15, 0.2) is 193 Å². The lowest BCUT2D eigenvalue weighted by molar-refractivity contribution is -0.144. The van der Waals surface area contributed by atoms with Crippen molar-refractivity contribution >= 4 is 61.9 Å². The molecule has 15 heteroatoms. The maximum Gasteiger partial charge on any atom is 0.305 e. The Bertz CT molecular complexity index is 3890. The molecule has 0 spiro atoms. The number of benzene rings is 6. The summed E-state index contributed by atoms with van der Waals surface area (Å²) in [5.74, 6) is 3.41. The van der Waals surface area contributed by atoms with Gasteiger partial charge in [0.15, 0.2) is 13.1 Å². The molecule has 0 bridgehead atoms. The van der Waals surface area contributed by atoms with Gasteiger partial charge < -0.3 is 52.0 Å². The molecule has 5 aromatic carbocycles. The molecule has 1 aromatic heterocycles. The second-order valence-electron chi connectivity index (χ2n) is 21.2. The molecule has 2 heterocycles. The molecular formula is C76H91N4O11+. The van der Waals surface area contributed by atoms with Crippen molar-refractivity contribution in [1.82, 2.24) is 4.58 Å². The standard InChI is InChI=1S/C38H45N2O5.C22H21NO3.C16H25NO3/c1-8-19-40(20-9-2)28-15-17-30-35(24-28)45-36-25-29(44-22-10-3)16-18-31(36)38(30)32-23-27(6)33(26-34(32)42-7)39(11-4)21-13-14-37(41)43-12-5;1-4-11-23(12-5-2)16-7-9-18-20(14-16)26-21-15-17(25-13-6-3)8-10-19(21)22(18)24;1-5-17(11-7-8-16(18)20-6-2)15-12-14(19-4)10-9-13(15)3/h8-10,15-18,23-26H,1-3,11-14,19-22H2,4-7H3;4-10,14-15H,1-3,11-13H2;9-10,12H,5-8,11H2,1-4H3/q+1;;. The molecule has 480 valence electrons. The van der Waals surface area contributed by atoms with Gasteiger partial charge in [-0.25, -0.2) is 4.58 Å². The average molecular weight is 1240 g/mol. The van der Waals surface area contributed by atoms with Crippen LogP contribution in [-0.4, -0.2) is 105 Å². The highest BCUT2D eigenvalue weighted by Crippen LogP contribution is 2.46. The summed E-state index contributed by atoms with van der Waals surface area (Å²) in [6.45, 7) is 42.5. The number of esters is 2. The minimum absolute atomic E-state index is 0.0536. The van der Waals surface area contributed by atoms with Crippen LogP contribution in [0.2, 0.25) is 0 Å². The monoisotopic (exact) mass is 1240 g/mol. The average Bonchev–Trinajstić information content (AvgIpc) is 0.781. The fraction of sp³-hybridized carbons (Fsp3) is 0.316. The van der Waals surface area contributed by atoms with Crippen molar-refractivity contribution in [3.05, 3.63) is 206 Å². The van der Waals surface area contributed by atoms with Gasteiger partial charge in [-0.1, -0.05) is 56.7 Å². The van der Waals surface area contributed by atoms with Crippen LogP contribution in [0, 0.1) is 13.8 Å². The lowest BCUT2D eigenvalue weighted by Crippen LogP contribution is -2.30. The molecule has 0 saturated carbocycles. The van der Waals surface area contributed by atoms with E-state index in [1.807, 2.05) is 80.6 Å². The SMILES string of the molecule is C=CCOc1ccc2c(-c3cc(C)c(N(CC)CCCC(=O)OCC)cc3OC)c3ccc(=[N+](CC=C)CC=C)cc-3oc2c1.C=CCOc1ccc2c(=O)c3ccc(N(CC=C)CC=C)cc3oc2c1.CCOC(=O)CCCN(CC)c1cc(OC)ccc1C. The van der Waals surface area contributed by atoms with Crippen molar-refractivity contribution in [3.8, 4) is 45.4 Å². The summed E-state index contributed by atoms with van der Waals surface area (Å²) in [7, 11) is 3.37. The van der Waals surface area contributed by atoms with E-state index >= 15 is 0 Å². The van der Waals surface area contributed by atoms with Gasteiger partial charge in [-0.05, 0) is 132 Å². The van der Waals surface area contributed by atoms with E-state index in [1.54, 1.807) is 50.6 Å². The van der Waals surface area contributed by atoms with Gasteiger partial charge in [-0.15, -0.1) is 13.2 Å². The highest BCUT2D eigenvalue weighted by molar-refractivity contribution is 6.04. The summed E-state index contributed by atoms with van der Waals surface area (Å²) in [6.07, 6.45) is 13.2. The number of ether oxygens (including phenoxy) is 6. The Labute approximate surface area is 537 Å². The minimum Gasteiger partial charge on any atom is -0.497 e. The lowest BCUT2D eigenvalue weighted by atomic mass is 9.91. The molecule has 0 fully saturated rings. The molecule has 0 radical (unpaired) electrons. The number of fused-ring (bicyclic) bond motifs is 4. The fourth-order valence-electron chi connectivity index (χ4n) is 10.7. The molecular weight excluding hydrogens is 1140 g/mol. The molecule has 0 N–H and O–H groups in total. The molecule has 1 aliphatic heterocycles. The van der Waals surface area contributed by atoms with E-state index in [4.69, 9.17) is 37.3 Å². The zero-order valence-corrected chi connectivity index (χ0v) is 54.6. The number of hydrogen-bond donors (Lipinski definition) is 0. The third-order valence-electron chi connectivity index (χ3n) is 15.0. The van der Waals surface area contributed by atoms with Crippen LogP contribution in [-0.2, 0) is 19.1 Å². The highest BCUT2D eigenvalue weighted by Gasteiger charge is 2.24. The van der Waals surface area contributed by atoms with E-state index in [2.05, 4.69) is 123 Å². The first-order valence-corrected chi connectivity index (χ1v) is 31.1. The third kappa shape index (κ3) is 18.9. The molecule has 1 aliphatic carbocycles. The van der Waals surface area contributed by atoms with Crippen LogP contribution in [0.5, 0.6) is 23.0 Å². The van der Waals surface area contributed by atoms with E-state index in [0.29, 0.717) is 111 Å². The zero-order chi connectivity index (χ0) is 65.8. The number of aryl methyl sites for hydroxylation is 2. The molecule has 6 aromatic rings. The van der Waals surface area contributed by atoms with Crippen molar-refractivity contribution in [3.63, 3.8) is 0 Å². The molecule has 8 rings (SSSR count). The van der Waals surface area contributed by atoms with Gasteiger partial charge in [0.05, 0.1) is 44.3 Å². The van der Waals surface area contributed by atoms with Gasteiger partial charge in [0.2, 0.25) is 10.8 Å². The predicted octanol–water partition coefficient (Wildman–Crippen LogP) is 15.3. The van der Waals surface area contributed by atoms with Gasteiger partial charge >= 0.3 is 11.9 Å². The number of rotatable bonds is 32. The third-order valence-corrected chi connectivity index (χ3v) is 15.0. The van der Waals surface area contributed by atoms with Crippen molar-refractivity contribution in [2.75, 3.05) is 108 Å². The highest BCUT2D eigenvalue weighted by atomic mass is 16.5. The Balaban J connectivity index is 0.000000241. The number of hydrogen-bond acceptors (Lipinski definition) is 14. The Morgan fingerprint density at radius 1 is 0.527 bits per heavy atom. The first-order valence-electron chi connectivity index (χ1n) is 31.1. The van der Waals surface area contributed by atoms with Crippen molar-refractivity contribution in [2.45, 2.75) is 67.2 Å². The Morgan fingerprint density at radius 2 is 1.07 bits per heavy atom. The Morgan fingerprint density at radius 3 is 1.59 bits per heavy atom. The Kier molecular flexibility index (Phi) is 27.9. The first kappa shape index (κ1) is 70.3. The second kappa shape index (κ2) is 36.0. The summed E-state index contributed by atoms with van der Waals surface area (Å²) in [4.78, 5) is 42.7. The quantitative estimate of drug-likeness (QED) is 0.0171. The largest absolute Gasteiger partial charge is 0.497 e. The van der Waals surface area contributed by atoms with E-state index in [-0.39, 0.29) is 17.4 Å². The molecule has 91 heavy (non-hydrogen) atoms. The molecule has 0 amide bonds. The van der Waals surface area contributed by atoms with Gasteiger partial charge in [-0.3, -0.25) is 14.4 Å². The zero-order valence-electron chi connectivity index (χ0n) is 54.6. The number of carbonyl (C=O) groups is 2. The van der Waals surface area contributed by atoms with Gasteiger partial charge in [0, 0.05) is 128 Å². The minimum atomic E-state index is -0.162. The van der Waals surface area contributed by atoms with Gasteiger partial charge in [0.25, 0.3) is 0 Å². The molecule has 0 atom stereocenters. The van der Waals surface area contributed by atoms with E-state index in [0.717, 1.165) is 99.9 Å². The van der Waals surface area contributed by atoms with E-state index in [1.165, 1.54) is 5.56 Å². The predicted molar refractivity (Wildman–Crippen MR) is 374 cm³/mol. The van der Waals surface area contributed by atoms with Crippen LogP contribution < -0.4 is 49.0 Å². The van der Waals surface area contributed by atoms with Crippen molar-refractivity contribution < 1.29 is 46.8 Å². The number of carbonyl (C=O) groups excluding carboxylic acids is 2. The van der Waals surface area contributed by atoms with Crippen LogP contribution in [0.1, 0.15) is 64.5 Å². The number of methoxy groups -OCH3 is 2. The molecule has 15 nitrogen and oxygen atoms in total. The molecule has 0 unspecified atom stereocenters. The summed E-state index contributed by atoms with van der Waals surface area (Å²) < 4.78 is 47.6. The first-order chi connectivity index (χ1) is 44.2. The van der Waals surface area contributed by atoms with Gasteiger partial charge in [-0.2, -0.15) is 0 Å². The smallest absolute Gasteiger partial charge is 0.305 e. The van der Waals surface area contributed by atoms with Crippen LogP contribution in [0.25, 0.3) is 55.4 Å². The maximum absolute atomic E-state index is 12.8. The van der Waals surface area contributed by atoms with E-state index < -0.39 is 0 Å². The number of anilines is 3. The maximum atomic E-state index is 12.8. The van der Waals surface area contributed by atoms with Crippen LogP contribution in [0.3, 0.4) is 0 Å². The summed E-state index contributed by atoms with van der Waals surface area (Å²) in [5, 5.41) is 3.04. The van der Waals surface area contributed by atoms with Crippen LogP contribution in [0.4, 0.5) is 17.1 Å². The molecule has 2 aliphatic rings. The lowest BCUT2D eigenvalue weighted by Gasteiger charge is -2.27. The van der Waals surface area contributed by atoms with Gasteiger partial charge in [0.1, 0.15) is 58.7 Å². The normalized spacial score (nSPS) is 10.6. The molecule has 0 saturated heterocycles. The summed E-state index contributed by atoms with van der Waals surface area (Å²) >= 11 is 0. The Hall–Kier alpha value is -9.76. The van der Waals surface area contributed by atoms with Crippen molar-refractivity contribution in [2.24, 2.45) is 0 Å². The number of nitrogens with zero attached hydrogens (tertiary/aromatic N) is 4. The van der Waals surface area contributed by atoms with E-state index in [9.17, 15) is 14.4 Å². The summed E-state index contributed by atoms with van der Waals surface area (Å²) in [6, 6.07) is 33.4. The van der Waals surface area contributed by atoms with Crippen molar-refractivity contribution in [1.29, 1.82) is 0 Å².